The fourth-order valence-corrected chi connectivity index (χ4v) is 3.04. The van der Waals surface area contributed by atoms with Gasteiger partial charge in [0.05, 0.1) is 9.75 Å². The third kappa shape index (κ3) is 3.16. The molecule has 1 amide bonds. The Kier molecular flexibility index (Phi) is 4.60. The van der Waals surface area contributed by atoms with E-state index in [1.807, 2.05) is 13.8 Å². The van der Waals surface area contributed by atoms with E-state index < -0.39 is 11.9 Å². The van der Waals surface area contributed by atoms with E-state index in [0.29, 0.717) is 22.8 Å². The highest BCUT2D eigenvalue weighted by Crippen LogP contribution is 2.34. The molecule has 2 aromatic rings. The maximum atomic E-state index is 12.8. The van der Waals surface area contributed by atoms with Gasteiger partial charge in [0, 0.05) is 20.1 Å². The van der Waals surface area contributed by atoms with Gasteiger partial charge in [-0.25, -0.2) is 0 Å². The number of aromatic nitrogens is 2. The lowest BCUT2D eigenvalue weighted by Gasteiger charge is -2.17. The largest absolute Gasteiger partial charge is 0.433 e. The van der Waals surface area contributed by atoms with Gasteiger partial charge in [-0.15, -0.1) is 11.3 Å². The van der Waals surface area contributed by atoms with Crippen molar-refractivity contribution in [3.8, 4) is 10.6 Å². The van der Waals surface area contributed by atoms with Gasteiger partial charge < -0.3 is 4.90 Å². The molecule has 0 spiro atoms. The lowest BCUT2D eigenvalue weighted by Crippen LogP contribution is -2.29. The lowest BCUT2D eigenvalue weighted by atomic mass is 10.3. The van der Waals surface area contributed by atoms with Crippen LogP contribution in [0.25, 0.3) is 10.6 Å². The average Bonchev–Trinajstić information content (AvgIpc) is 3.05. The van der Waals surface area contributed by atoms with Crippen LogP contribution >= 0.6 is 11.3 Å². The first-order valence-corrected chi connectivity index (χ1v) is 7.60. The summed E-state index contributed by atoms with van der Waals surface area (Å²) in [5.41, 5.74) is -0.592. The third-order valence-electron chi connectivity index (χ3n) is 3.29. The zero-order valence-electron chi connectivity index (χ0n) is 12.4. The second-order valence-electron chi connectivity index (χ2n) is 4.68. The first-order chi connectivity index (χ1) is 10.3. The predicted molar refractivity (Wildman–Crippen MR) is 78.8 cm³/mol. The van der Waals surface area contributed by atoms with Crippen molar-refractivity contribution in [2.75, 3.05) is 13.1 Å². The van der Waals surface area contributed by atoms with Crippen molar-refractivity contribution in [3.05, 3.63) is 28.8 Å². The fraction of sp³-hybridized carbons (Fsp3) is 0.429. The Labute approximate surface area is 130 Å². The van der Waals surface area contributed by atoms with E-state index in [1.54, 1.807) is 17.0 Å². The summed E-state index contributed by atoms with van der Waals surface area (Å²) in [6.45, 7) is 4.93. The number of halogens is 3. The Morgan fingerprint density at radius 1 is 1.32 bits per heavy atom. The van der Waals surface area contributed by atoms with Crippen molar-refractivity contribution in [3.63, 3.8) is 0 Å². The molecule has 8 heteroatoms. The minimum absolute atomic E-state index is 0.117. The van der Waals surface area contributed by atoms with Crippen LogP contribution in [-0.2, 0) is 13.2 Å². The fourth-order valence-electron chi connectivity index (χ4n) is 2.11. The van der Waals surface area contributed by atoms with Crippen LogP contribution in [0.1, 0.15) is 29.2 Å². The molecule has 0 radical (unpaired) electrons. The van der Waals surface area contributed by atoms with Gasteiger partial charge in [-0.2, -0.15) is 18.3 Å². The predicted octanol–water partition coefficient (Wildman–Crippen LogP) is 3.65. The number of hydrogen-bond donors (Lipinski definition) is 0. The highest BCUT2D eigenvalue weighted by Gasteiger charge is 2.35. The lowest BCUT2D eigenvalue weighted by molar-refractivity contribution is -0.143. The number of rotatable bonds is 4. The van der Waals surface area contributed by atoms with Gasteiger partial charge in [-0.1, -0.05) is 0 Å². The molecule has 2 heterocycles. The number of alkyl halides is 3. The van der Waals surface area contributed by atoms with E-state index in [9.17, 15) is 18.0 Å². The van der Waals surface area contributed by atoms with Crippen LogP contribution in [0.3, 0.4) is 0 Å². The quantitative estimate of drug-likeness (QED) is 0.858. The monoisotopic (exact) mass is 331 g/mol. The summed E-state index contributed by atoms with van der Waals surface area (Å²) in [4.78, 5) is 14.9. The van der Waals surface area contributed by atoms with E-state index >= 15 is 0 Å². The molecule has 0 bridgehead atoms. The second kappa shape index (κ2) is 6.12. The third-order valence-corrected chi connectivity index (χ3v) is 4.39. The van der Waals surface area contributed by atoms with Crippen LogP contribution in [-0.4, -0.2) is 33.7 Å². The molecule has 0 aliphatic heterocycles. The standard InChI is InChI=1S/C14H16F3N3OS/c1-4-20(5-2)13(21)11-7-6-10(22-11)9-8-12(14(15,16)17)19(3)18-9/h6-8H,4-5H2,1-3H3. The molecular formula is C14H16F3N3OS. The van der Waals surface area contributed by atoms with Gasteiger partial charge in [0.1, 0.15) is 11.4 Å². The summed E-state index contributed by atoms with van der Waals surface area (Å²) in [6.07, 6.45) is -4.45. The maximum absolute atomic E-state index is 12.8. The Morgan fingerprint density at radius 3 is 2.45 bits per heavy atom. The van der Waals surface area contributed by atoms with Crippen LogP contribution in [0, 0.1) is 0 Å². The molecule has 120 valence electrons. The van der Waals surface area contributed by atoms with Gasteiger partial charge in [-0.3, -0.25) is 9.48 Å². The first-order valence-electron chi connectivity index (χ1n) is 6.78. The normalized spacial score (nSPS) is 11.7. The van der Waals surface area contributed by atoms with E-state index in [4.69, 9.17) is 0 Å². The van der Waals surface area contributed by atoms with Crippen molar-refractivity contribution in [2.24, 2.45) is 7.05 Å². The Balaban J connectivity index is 2.31. The Hall–Kier alpha value is -1.83. The van der Waals surface area contributed by atoms with Crippen molar-refractivity contribution >= 4 is 17.2 Å². The number of amides is 1. The van der Waals surface area contributed by atoms with Crippen LogP contribution in [0.2, 0.25) is 0 Å². The van der Waals surface area contributed by atoms with Gasteiger partial charge in [0.15, 0.2) is 0 Å². The number of aryl methyl sites for hydroxylation is 1. The topological polar surface area (TPSA) is 38.1 Å². The van der Waals surface area contributed by atoms with Crippen molar-refractivity contribution in [1.29, 1.82) is 0 Å². The molecule has 0 aromatic carbocycles. The zero-order chi connectivity index (χ0) is 16.5. The molecule has 2 rings (SSSR count). The zero-order valence-corrected chi connectivity index (χ0v) is 13.3. The highest BCUT2D eigenvalue weighted by molar-refractivity contribution is 7.17. The summed E-state index contributed by atoms with van der Waals surface area (Å²) < 4.78 is 39.2. The molecule has 0 atom stereocenters. The number of hydrogen-bond acceptors (Lipinski definition) is 3. The summed E-state index contributed by atoms with van der Waals surface area (Å²) >= 11 is 1.15. The number of thiophene rings is 1. The van der Waals surface area contributed by atoms with Gasteiger partial charge >= 0.3 is 6.18 Å². The average molecular weight is 331 g/mol. The minimum Gasteiger partial charge on any atom is -0.339 e. The van der Waals surface area contributed by atoms with Gasteiger partial charge in [0.25, 0.3) is 5.91 Å². The van der Waals surface area contributed by atoms with E-state index in [1.165, 1.54) is 7.05 Å². The molecule has 0 saturated heterocycles. The van der Waals surface area contributed by atoms with E-state index in [-0.39, 0.29) is 11.6 Å². The highest BCUT2D eigenvalue weighted by atomic mass is 32.1. The van der Waals surface area contributed by atoms with E-state index in [2.05, 4.69) is 5.10 Å². The molecule has 0 fully saturated rings. The molecule has 2 aromatic heterocycles. The Bertz CT molecular complexity index is 671. The van der Waals surface area contributed by atoms with Crippen LogP contribution in [0.15, 0.2) is 18.2 Å². The first kappa shape index (κ1) is 16.5. The van der Waals surface area contributed by atoms with Crippen LogP contribution < -0.4 is 0 Å². The van der Waals surface area contributed by atoms with Gasteiger partial charge in [-0.05, 0) is 32.0 Å². The Morgan fingerprint density at radius 2 is 1.95 bits per heavy atom. The number of carbonyl (C=O) groups is 1. The molecule has 0 N–H and O–H groups in total. The summed E-state index contributed by atoms with van der Waals surface area (Å²) in [6, 6.07) is 4.25. The van der Waals surface area contributed by atoms with Crippen molar-refractivity contribution < 1.29 is 18.0 Å². The molecule has 0 unspecified atom stereocenters. The molecule has 22 heavy (non-hydrogen) atoms. The van der Waals surface area contributed by atoms with Gasteiger partial charge in [0.2, 0.25) is 0 Å². The minimum atomic E-state index is -4.45. The molecule has 4 nitrogen and oxygen atoms in total. The SMILES string of the molecule is CCN(CC)C(=O)c1ccc(-c2cc(C(F)(F)F)n(C)n2)s1. The summed E-state index contributed by atoms with van der Waals surface area (Å²) in [7, 11) is 1.25. The van der Waals surface area contributed by atoms with Crippen LogP contribution in [0.4, 0.5) is 13.2 Å². The number of nitrogens with zero attached hydrogens (tertiary/aromatic N) is 3. The molecular weight excluding hydrogens is 315 g/mol. The van der Waals surface area contributed by atoms with Crippen molar-refractivity contribution in [2.45, 2.75) is 20.0 Å². The van der Waals surface area contributed by atoms with Crippen LogP contribution in [0.5, 0.6) is 0 Å². The van der Waals surface area contributed by atoms with E-state index in [0.717, 1.165) is 22.1 Å². The molecule has 0 aliphatic rings. The molecule has 0 aliphatic carbocycles. The smallest absolute Gasteiger partial charge is 0.339 e. The summed E-state index contributed by atoms with van der Waals surface area (Å²) in [5.74, 6) is -0.117. The second-order valence-corrected chi connectivity index (χ2v) is 5.76. The maximum Gasteiger partial charge on any atom is 0.433 e. The summed E-state index contributed by atoms with van der Waals surface area (Å²) in [5, 5.41) is 3.89. The van der Waals surface area contributed by atoms with Crippen molar-refractivity contribution in [1.82, 2.24) is 14.7 Å². The number of carbonyl (C=O) groups excluding carboxylic acids is 1. The molecule has 0 saturated carbocycles.